The zero-order valence-electron chi connectivity index (χ0n) is 12.6. The molecule has 102 valence electrons. The third-order valence-corrected chi connectivity index (χ3v) is 4.08. The van der Waals surface area contributed by atoms with Crippen molar-refractivity contribution in [2.75, 3.05) is 0 Å². The van der Waals surface area contributed by atoms with Crippen molar-refractivity contribution in [1.82, 2.24) is 5.32 Å². The van der Waals surface area contributed by atoms with Crippen molar-refractivity contribution in [3.8, 4) is 0 Å². The van der Waals surface area contributed by atoms with E-state index in [0.29, 0.717) is 0 Å². The topological polar surface area (TPSA) is 29.1 Å². The Morgan fingerprint density at radius 1 is 1.12 bits per heavy atom. The molecule has 0 saturated heterocycles. The monoisotopic (exact) mass is 241 g/mol. The van der Waals surface area contributed by atoms with Crippen LogP contribution >= 0.6 is 0 Å². The van der Waals surface area contributed by atoms with E-state index in [1.807, 2.05) is 13.8 Å². The van der Waals surface area contributed by atoms with Crippen molar-refractivity contribution in [2.24, 2.45) is 11.8 Å². The molecule has 1 unspecified atom stereocenters. The number of amides is 1. The van der Waals surface area contributed by atoms with Crippen molar-refractivity contribution >= 4 is 5.91 Å². The van der Waals surface area contributed by atoms with Gasteiger partial charge in [0.15, 0.2) is 0 Å². The summed E-state index contributed by atoms with van der Waals surface area (Å²) in [7, 11) is 0. The van der Waals surface area contributed by atoms with E-state index in [0.717, 1.165) is 25.2 Å². The minimum Gasteiger partial charge on any atom is -0.350 e. The number of carbonyl (C=O) groups is 1. The first kappa shape index (κ1) is 16.5. The van der Waals surface area contributed by atoms with Gasteiger partial charge >= 0.3 is 0 Å². The predicted molar refractivity (Wildman–Crippen MR) is 75.0 cm³/mol. The molecule has 0 radical (unpaired) electrons. The van der Waals surface area contributed by atoms with Crippen LogP contribution in [0.2, 0.25) is 0 Å². The first-order valence-corrected chi connectivity index (χ1v) is 7.22. The van der Waals surface area contributed by atoms with Crippen LogP contribution in [0.15, 0.2) is 0 Å². The first-order valence-electron chi connectivity index (χ1n) is 7.22. The van der Waals surface area contributed by atoms with E-state index in [2.05, 4.69) is 33.0 Å². The lowest BCUT2D eigenvalue weighted by atomic mass is 9.84. The highest BCUT2D eigenvalue weighted by molar-refractivity contribution is 5.78. The van der Waals surface area contributed by atoms with Crippen LogP contribution in [0.1, 0.15) is 73.6 Å². The Hall–Kier alpha value is -0.530. The van der Waals surface area contributed by atoms with Gasteiger partial charge in [-0.25, -0.2) is 0 Å². The summed E-state index contributed by atoms with van der Waals surface area (Å²) in [6, 6.07) is 0. The zero-order valence-corrected chi connectivity index (χ0v) is 12.6. The Balaban J connectivity index is 4.50. The summed E-state index contributed by atoms with van der Waals surface area (Å²) < 4.78 is 0. The highest BCUT2D eigenvalue weighted by atomic mass is 16.2. The largest absolute Gasteiger partial charge is 0.350 e. The first-order chi connectivity index (χ1) is 7.90. The van der Waals surface area contributed by atoms with Crippen molar-refractivity contribution in [3.05, 3.63) is 0 Å². The summed E-state index contributed by atoms with van der Waals surface area (Å²) in [6.07, 6.45) is 5.59. The molecule has 2 nitrogen and oxygen atoms in total. The molecular weight excluding hydrogens is 210 g/mol. The van der Waals surface area contributed by atoms with Crippen LogP contribution in [0.3, 0.4) is 0 Å². The van der Waals surface area contributed by atoms with Gasteiger partial charge in [0.2, 0.25) is 5.91 Å². The Morgan fingerprint density at radius 3 is 2.00 bits per heavy atom. The number of rotatable bonds is 8. The molecule has 1 N–H and O–H groups in total. The molecule has 17 heavy (non-hydrogen) atoms. The quantitative estimate of drug-likeness (QED) is 0.680. The molecule has 2 heteroatoms. The number of hydrogen-bond acceptors (Lipinski definition) is 1. The van der Waals surface area contributed by atoms with Crippen LogP contribution in [0, 0.1) is 11.8 Å². The lowest BCUT2D eigenvalue weighted by Gasteiger charge is -2.34. The molecule has 0 aliphatic heterocycles. The summed E-state index contributed by atoms with van der Waals surface area (Å²) >= 11 is 0. The van der Waals surface area contributed by atoms with E-state index in [1.54, 1.807) is 0 Å². The summed E-state index contributed by atoms with van der Waals surface area (Å²) in [4.78, 5) is 11.9. The van der Waals surface area contributed by atoms with Gasteiger partial charge in [0, 0.05) is 11.5 Å². The van der Waals surface area contributed by atoms with Gasteiger partial charge in [-0.05, 0) is 31.6 Å². The van der Waals surface area contributed by atoms with E-state index in [1.165, 1.54) is 12.8 Å². The van der Waals surface area contributed by atoms with Crippen LogP contribution in [0.4, 0.5) is 0 Å². The van der Waals surface area contributed by atoms with Gasteiger partial charge in [-0.15, -0.1) is 0 Å². The average Bonchev–Trinajstić information content (AvgIpc) is 2.33. The molecule has 0 aliphatic carbocycles. The molecule has 1 atom stereocenters. The zero-order chi connectivity index (χ0) is 13.5. The van der Waals surface area contributed by atoms with Gasteiger partial charge in [-0.2, -0.15) is 0 Å². The summed E-state index contributed by atoms with van der Waals surface area (Å²) in [6.45, 7) is 12.8. The number of carbonyl (C=O) groups excluding carboxylic acids is 1. The van der Waals surface area contributed by atoms with Crippen LogP contribution < -0.4 is 5.32 Å². The minimum absolute atomic E-state index is 0.0186. The standard InChI is InChI=1S/C15H31NO/c1-7-13(6)10-11-15(8-2,9-3)16-14(17)12(4)5/h12-13H,7-11H2,1-6H3,(H,16,17). The minimum atomic E-state index is 0.0186. The molecule has 0 aromatic carbocycles. The SMILES string of the molecule is CCC(C)CCC(CC)(CC)NC(=O)C(C)C. The normalized spacial score (nSPS) is 13.8. The molecular formula is C15H31NO. The number of nitrogens with one attached hydrogen (secondary N) is 1. The highest BCUT2D eigenvalue weighted by Crippen LogP contribution is 2.25. The van der Waals surface area contributed by atoms with E-state index in [4.69, 9.17) is 0 Å². The van der Waals surface area contributed by atoms with E-state index < -0.39 is 0 Å². The second kappa shape index (κ2) is 7.73. The van der Waals surface area contributed by atoms with Gasteiger partial charge in [-0.3, -0.25) is 4.79 Å². The smallest absolute Gasteiger partial charge is 0.222 e. The maximum absolute atomic E-state index is 11.9. The van der Waals surface area contributed by atoms with Crippen molar-refractivity contribution in [1.29, 1.82) is 0 Å². The summed E-state index contributed by atoms with van der Waals surface area (Å²) in [5, 5.41) is 3.27. The van der Waals surface area contributed by atoms with E-state index >= 15 is 0 Å². The molecule has 0 aromatic rings. The maximum atomic E-state index is 11.9. The van der Waals surface area contributed by atoms with Gasteiger partial charge in [-0.1, -0.05) is 48.0 Å². The van der Waals surface area contributed by atoms with E-state index in [9.17, 15) is 4.79 Å². The molecule has 0 aliphatic rings. The van der Waals surface area contributed by atoms with Gasteiger partial charge in [0.05, 0.1) is 0 Å². The second-order valence-electron chi connectivity index (χ2n) is 5.68. The molecule has 0 rings (SSSR count). The third-order valence-electron chi connectivity index (χ3n) is 4.08. The average molecular weight is 241 g/mol. The fourth-order valence-electron chi connectivity index (χ4n) is 1.98. The molecule has 0 aromatic heterocycles. The van der Waals surface area contributed by atoms with Gasteiger partial charge < -0.3 is 5.32 Å². The van der Waals surface area contributed by atoms with Crippen LogP contribution in [-0.2, 0) is 4.79 Å². The summed E-state index contributed by atoms with van der Waals surface area (Å²) in [5.41, 5.74) is 0.0186. The Kier molecular flexibility index (Phi) is 7.49. The Labute approximate surface area is 108 Å². The molecule has 0 saturated carbocycles. The third kappa shape index (κ3) is 5.56. The second-order valence-corrected chi connectivity index (χ2v) is 5.68. The van der Waals surface area contributed by atoms with E-state index in [-0.39, 0.29) is 17.4 Å². The Morgan fingerprint density at radius 2 is 1.65 bits per heavy atom. The summed E-state index contributed by atoms with van der Waals surface area (Å²) in [5.74, 6) is 1.03. The fourth-order valence-corrected chi connectivity index (χ4v) is 1.98. The van der Waals surface area contributed by atoms with Gasteiger partial charge in [0.1, 0.15) is 0 Å². The molecule has 0 bridgehead atoms. The lowest BCUT2D eigenvalue weighted by Crippen LogP contribution is -2.49. The maximum Gasteiger partial charge on any atom is 0.222 e. The number of hydrogen-bond donors (Lipinski definition) is 1. The van der Waals surface area contributed by atoms with Gasteiger partial charge in [0.25, 0.3) is 0 Å². The lowest BCUT2D eigenvalue weighted by molar-refractivity contribution is -0.126. The predicted octanol–water partition coefficient (Wildman–Crippen LogP) is 4.14. The van der Waals surface area contributed by atoms with Crippen molar-refractivity contribution < 1.29 is 4.79 Å². The molecule has 0 fully saturated rings. The molecule has 0 spiro atoms. The molecule has 1 amide bonds. The van der Waals surface area contributed by atoms with Crippen LogP contribution in [-0.4, -0.2) is 11.4 Å². The van der Waals surface area contributed by atoms with Crippen molar-refractivity contribution in [2.45, 2.75) is 79.2 Å². The van der Waals surface area contributed by atoms with Crippen LogP contribution in [0.5, 0.6) is 0 Å². The fraction of sp³-hybridized carbons (Fsp3) is 0.933. The Bertz CT molecular complexity index is 219. The molecule has 0 heterocycles. The van der Waals surface area contributed by atoms with Crippen LogP contribution in [0.25, 0.3) is 0 Å². The van der Waals surface area contributed by atoms with Crippen molar-refractivity contribution in [3.63, 3.8) is 0 Å². The highest BCUT2D eigenvalue weighted by Gasteiger charge is 2.28.